The lowest BCUT2D eigenvalue weighted by Gasteiger charge is -2.33. The molecule has 2 rings (SSSR count). The van der Waals surface area contributed by atoms with Crippen LogP contribution in [0.3, 0.4) is 0 Å². The molecule has 0 amide bonds. The van der Waals surface area contributed by atoms with Crippen molar-refractivity contribution in [3.05, 3.63) is 16.1 Å². The van der Waals surface area contributed by atoms with Gasteiger partial charge in [-0.05, 0) is 6.54 Å². The zero-order chi connectivity index (χ0) is 13.0. The Morgan fingerprint density at radius 3 is 2.61 bits per heavy atom. The fourth-order valence-corrected chi connectivity index (χ4v) is 3.06. The Labute approximate surface area is 118 Å². The first-order valence-electron chi connectivity index (χ1n) is 6.38. The number of nitrogens with two attached hydrogens (primary N) is 1. The Morgan fingerprint density at radius 1 is 1.39 bits per heavy atom. The molecule has 4 nitrogen and oxygen atoms in total. The van der Waals surface area contributed by atoms with Gasteiger partial charge < -0.3 is 15.5 Å². The van der Waals surface area contributed by atoms with E-state index in [2.05, 4.69) is 21.7 Å². The lowest BCUT2D eigenvalue weighted by molar-refractivity contribution is 0.138. The van der Waals surface area contributed by atoms with Crippen LogP contribution in [0.1, 0.15) is 16.8 Å². The topological polar surface area (TPSA) is 45.4 Å². The van der Waals surface area contributed by atoms with Crippen molar-refractivity contribution in [1.82, 2.24) is 14.8 Å². The van der Waals surface area contributed by atoms with Gasteiger partial charge in [-0.1, -0.05) is 19.1 Å². The van der Waals surface area contributed by atoms with Gasteiger partial charge in [0.05, 0.1) is 9.88 Å². The van der Waals surface area contributed by atoms with Gasteiger partial charge >= 0.3 is 0 Å². The van der Waals surface area contributed by atoms with Crippen molar-refractivity contribution in [2.75, 3.05) is 39.3 Å². The van der Waals surface area contributed by atoms with Gasteiger partial charge in [-0.15, -0.1) is 11.3 Å². The molecule has 18 heavy (non-hydrogen) atoms. The van der Waals surface area contributed by atoms with Gasteiger partial charge in [0.2, 0.25) is 0 Å². The molecule has 1 saturated heterocycles. The zero-order valence-corrected chi connectivity index (χ0v) is 12.4. The average molecular weight is 284 g/mol. The molecule has 1 fully saturated rings. The molecular formula is C12H20N4S2. The van der Waals surface area contributed by atoms with Crippen LogP contribution in [-0.4, -0.2) is 59.0 Å². The van der Waals surface area contributed by atoms with Gasteiger partial charge in [0.1, 0.15) is 4.99 Å². The van der Waals surface area contributed by atoms with Gasteiger partial charge in [-0.3, -0.25) is 0 Å². The van der Waals surface area contributed by atoms with Gasteiger partial charge in [0.25, 0.3) is 0 Å². The van der Waals surface area contributed by atoms with Crippen molar-refractivity contribution in [3.8, 4) is 0 Å². The maximum atomic E-state index is 5.58. The van der Waals surface area contributed by atoms with E-state index in [0.717, 1.165) is 29.4 Å². The quantitative estimate of drug-likeness (QED) is 0.816. The highest BCUT2D eigenvalue weighted by Crippen LogP contribution is 2.14. The molecular weight excluding hydrogens is 264 g/mol. The van der Waals surface area contributed by atoms with Crippen LogP contribution in [0.4, 0.5) is 0 Å². The third-order valence-corrected chi connectivity index (χ3v) is 4.79. The van der Waals surface area contributed by atoms with Crippen LogP contribution in [-0.2, 0) is 6.42 Å². The number of hydrogen-bond acceptors (Lipinski definition) is 5. The van der Waals surface area contributed by atoms with E-state index in [1.807, 2.05) is 0 Å². The molecule has 0 bridgehead atoms. The predicted octanol–water partition coefficient (Wildman–Crippen LogP) is 0.957. The van der Waals surface area contributed by atoms with Crippen molar-refractivity contribution in [2.45, 2.75) is 13.3 Å². The summed E-state index contributed by atoms with van der Waals surface area (Å²) in [6, 6.07) is 0. The van der Waals surface area contributed by atoms with Crippen molar-refractivity contribution in [3.63, 3.8) is 0 Å². The summed E-state index contributed by atoms with van der Waals surface area (Å²) in [7, 11) is 0. The lowest BCUT2D eigenvalue weighted by Crippen LogP contribution is -2.46. The SMILES string of the molecule is CCN1CCN(CCc2ncc(C(N)=S)s2)CC1. The normalized spacial score (nSPS) is 18.1. The predicted molar refractivity (Wildman–Crippen MR) is 80.3 cm³/mol. The highest BCUT2D eigenvalue weighted by Gasteiger charge is 2.15. The Balaban J connectivity index is 1.76. The maximum absolute atomic E-state index is 5.58. The molecule has 0 unspecified atom stereocenters. The number of aromatic nitrogens is 1. The van der Waals surface area contributed by atoms with E-state index in [9.17, 15) is 0 Å². The van der Waals surface area contributed by atoms with E-state index >= 15 is 0 Å². The molecule has 6 heteroatoms. The van der Waals surface area contributed by atoms with Crippen LogP contribution in [0.5, 0.6) is 0 Å². The molecule has 0 spiro atoms. The number of thiocarbonyl (C=S) groups is 1. The van der Waals surface area contributed by atoms with E-state index in [4.69, 9.17) is 18.0 Å². The van der Waals surface area contributed by atoms with Crippen molar-refractivity contribution in [2.24, 2.45) is 5.73 Å². The maximum Gasteiger partial charge on any atom is 0.115 e. The highest BCUT2D eigenvalue weighted by molar-refractivity contribution is 7.81. The number of hydrogen-bond donors (Lipinski definition) is 1. The highest BCUT2D eigenvalue weighted by atomic mass is 32.1. The second-order valence-electron chi connectivity index (χ2n) is 4.51. The summed E-state index contributed by atoms with van der Waals surface area (Å²) in [6.07, 6.45) is 2.79. The molecule has 0 radical (unpaired) electrons. The van der Waals surface area contributed by atoms with E-state index < -0.39 is 0 Å². The van der Waals surface area contributed by atoms with E-state index in [1.165, 1.54) is 26.2 Å². The Morgan fingerprint density at radius 2 is 2.06 bits per heavy atom. The van der Waals surface area contributed by atoms with E-state index in [-0.39, 0.29) is 0 Å². The minimum absolute atomic E-state index is 0.454. The second-order valence-corrected chi connectivity index (χ2v) is 6.06. The Hall–Kier alpha value is -0.560. The second kappa shape index (κ2) is 6.56. The third-order valence-electron chi connectivity index (χ3n) is 3.35. The molecule has 2 heterocycles. The summed E-state index contributed by atoms with van der Waals surface area (Å²) >= 11 is 6.56. The first-order chi connectivity index (χ1) is 8.69. The van der Waals surface area contributed by atoms with Crippen LogP contribution < -0.4 is 5.73 Å². The molecule has 2 N–H and O–H groups in total. The number of nitrogens with zero attached hydrogens (tertiary/aromatic N) is 3. The molecule has 1 aliphatic rings. The fraction of sp³-hybridized carbons (Fsp3) is 0.667. The monoisotopic (exact) mass is 284 g/mol. The Bertz CT molecular complexity index is 397. The summed E-state index contributed by atoms with van der Waals surface area (Å²) in [5.41, 5.74) is 5.58. The summed E-state index contributed by atoms with van der Waals surface area (Å²) in [5.74, 6) is 0. The van der Waals surface area contributed by atoms with Crippen LogP contribution in [0, 0.1) is 0 Å². The van der Waals surface area contributed by atoms with Crippen molar-refractivity contribution < 1.29 is 0 Å². The molecule has 1 aliphatic heterocycles. The van der Waals surface area contributed by atoms with Crippen LogP contribution in [0.25, 0.3) is 0 Å². The third kappa shape index (κ3) is 3.71. The van der Waals surface area contributed by atoms with E-state index in [1.54, 1.807) is 17.5 Å². The number of rotatable bonds is 5. The van der Waals surface area contributed by atoms with Gasteiger partial charge in [-0.25, -0.2) is 4.98 Å². The lowest BCUT2D eigenvalue weighted by atomic mass is 10.3. The van der Waals surface area contributed by atoms with Crippen molar-refractivity contribution >= 4 is 28.5 Å². The minimum Gasteiger partial charge on any atom is -0.389 e. The van der Waals surface area contributed by atoms with E-state index in [0.29, 0.717) is 4.99 Å². The molecule has 0 saturated carbocycles. The first kappa shape index (κ1) is 13.9. The Kier molecular flexibility index (Phi) is 5.05. The fourth-order valence-electron chi connectivity index (χ4n) is 2.12. The summed E-state index contributed by atoms with van der Waals surface area (Å²) in [6.45, 7) is 9.18. The van der Waals surface area contributed by atoms with Crippen LogP contribution in [0.2, 0.25) is 0 Å². The number of piperazine rings is 1. The molecule has 0 atom stereocenters. The van der Waals surface area contributed by atoms with Crippen molar-refractivity contribution in [1.29, 1.82) is 0 Å². The summed E-state index contributed by atoms with van der Waals surface area (Å²) in [4.78, 5) is 10.7. The minimum atomic E-state index is 0.454. The van der Waals surface area contributed by atoms with Gasteiger partial charge in [-0.2, -0.15) is 0 Å². The largest absolute Gasteiger partial charge is 0.389 e. The molecule has 1 aromatic heterocycles. The standard InChI is InChI=1S/C12H20N4S2/c1-2-15-5-7-16(8-6-15)4-3-11-14-9-10(18-11)12(13)17/h9H,2-8H2,1H3,(H2,13,17). The first-order valence-corrected chi connectivity index (χ1v) is 7.60. The molecule has 1 aromatic rings. The average Bonchev–Trinajstić information content (AvgIpc) is 2.86. The zero-order valence-electron chi connectivity index (χ0n) is 10.8. The molecule has 0 aliphatic carbocycles. The smallest absolute Gasteiger partial charge is 0.115 e. The molecule has 100 valence electrons. The number of likely N-dealkylation sites (N-methyl/N-ethyl adjacent to an activating group) is 1. The number of thiazole rings is 1. The van der Waals surface area contributed by atoms with Crippen LogP contribution in [0.15, 0.2) is 6.20 Å². The summed E-state index contributed by atoms with van der Waals surface area (Å²) in [5, 5.41) is 1.13. The molecule has 0 aromatic carbocycles. The van der Waals surface area contributed by atoms with Gasteiger partial charge in [0.15, 0.2) is 0 Å². The van der Waals surface area contributed by atoms with Gasteiger partial charge in [0, 0.05) is 45.3 Å². The summed E-state index contributed by atoms with van der Waals surface area (Å²) < 4.78 is 0. The van der Waals surface area contributed by atoms with Crippen LogP contribution >= 0.6 is 23.6 Å².